The van der Waals surface area contributed by atoms with Gasteiger partial charge in [-0.3, -0.25) is 9.79 Å². The van der Waals surface area contributed by atoms with Crippen LogP contribution in [0.4, 0.5) is 0 Å². The molecule has 0 aliphatic heterocycles. The molecule has 1 rings (SSSR count). The first-order valence-electron chi connectivity index (χ1n) is 4.92. The molecule has 0 radical (unpaired) electrons. The van der Waals surface area contributed by atoms with Gasteiger partial charge in [0.25, 0.3) is 0 Å². The number of nitrogens with zero attached hydrogens (tertiary/aromatic N) is 2. The molecule has 1 aromatic carbocycles. The number of hydrogen-bond donors (Lipinski definition) is 2. The number of carbonyl (C=O) groups excluding carboxylic acids is 1. The van der Waals surface area contributed by atoms with E-state index in [0.29, 0.717) is 12.8 Å². The van der Waals surface area contributed by atoms with Crippen LogP contribution in [0.2, 0.25) is 0 Å². The van der Waals surface area contributed by atoms with Gasteiger partial charge in [0.15, 0.2) is 6.29 Å². The van der Waals surface area contributed by atoms with Crippen LogP contribution in [0.3, 0.4) is 0 Å². The number of aliphatic imine (C=N–C) groups is 1. The first-order chi connectivity index (χ1) is 7.77. The number of benzene rings is 1. The van der Waals surface area contributed by atoms with E-state index < -0.39 is 0 Å². The molecule has 0 bridgehead atoms. The molecule has 0 atom stereocenters. The molecule has 0 unspecified atom stereocenters. The molecule has 5 nitrogen and oxygen atoms in total. The maximum absolute atomic E-state index is 10.8. The van der Waals surface area contributed by atoms with E-state index in [1.54, 1.807) is 12.1 Å². The third-order valence-corrected chi connectivity index (χ3v) is 1.80. The van der Waals surface area contributed by atoms with Crippen LogP contribution < -0.4 is 11.2 Å². The molecule has 0 saturated carbocycles. The zero-order valence-electron chi connectivity index (χ0n) is 9.05. The van der Waals surface area contributed by atoms with Gasteiger partial charge < -0.3 is 5.73 Å². The Morgan fingerprint density at radius 2 is 2.12 bits per heavy atom. The maximum Gasteiger partial charge on any atom is 0.209 e. The van der Waals surface area contributed by atoms with E-state index in [2.05, 4.69) is 15.5 Å². The second kappa shape index (κ2) is 6.34. The van der Waals surface area contributed by atoms with Gasteiger partial charge in [-0.05, 0) is 6.92 Å². The minimum absolute atomic E-state index is 0.192. The summed E-state index contributed by atoms with van der Waals surface area (Å²) in [7, 11) is 0. The van der Waals surface area contributed by atoms with E-state index in [9.17, 15) is 4.79 Å². The fourth-order valence-corrected chi connectivity index (χ4v) is 1.09. The molecule has 84 valence electrons. The smallest absolute Gasteiger partial charge is 0.209 e. The second-order valence-electron chi connectivity index (χ2n) is 2.95. The molecule has 0 saturated heterocycles. The standard InChI is InChI=1S/C11H14N4O/c1-2-13-11(12)15-14-10(8-16)9-6-4-3-5-7-9/h3-8H,2H2,1H3,(H3,12,13,15). The lowest BCUT2D eigenvalue weighted by Gasteiger charge is -2.01. The third kappa shape index (κ3) is 3.53. The van der Waals surface area contributed by atoms with Crippen LogP contribution in [-0.2, 0) is 4.79 Å². The molecule has 0 amide bonds. The summed E-state index contributed by atoms with van der Waals surface area (Å²) in [6.45, 7) is 2.42. The van der Waals surface area contributed by atoms with Crippen LogP contribution in [0, 0.1) is 0 Å². The van der Waals surface area contributed by atoms with Crippen LogP contribution in [0.5, 0.6) is 0 Å². The fraction of sp³-hybridized carbons (Fsp3) is 0.182. The molecular weight excluding hydrogens is 204 g/mol. The Balaban J connectivity index is 2.79. The third-order valence-electron chi connectivity index (χ3n) is 1.80. The molecule has 0 spiro atoms. The average Bonchev–Trinajstić information content (AvgIpc) is 2.31. The van der Waals surface area contributed by atoms with Gasteiger partial charge in [-0.15, -0.1) is 0 Å². The summed E-state index contributed by atoms with van der Waals surface area (Å²) in [4.78, 5) is 14.7. The molecule has 0 aliphatic carbocycles. The molecular formula is C11H14N4O. The van der Waals surface area contributed by atoms with Crippen molar-refractivity contribution in [3.05, 3.63) is 35.9 Å². The molecule has 0 aromatic heterocycles. The predicted octanol–water partition coefficient (Wildman–Crippen LogP) is 0.514. The van der Waals surface area contributed by atoms with Crippen molar-refractivity contribution >= 4 is 18.0 Å². The second-order valence-corrected chi connectivity index (χ2v) is 2.95. The van der Waals surface area contributed by atoms with Gasteiger partial charge in [0.1, 0.15) is 5.71 Å². The highest BCUT2D eigenvalue weighted by molar-refractivity contribution is 6.36. The van der Waals surface area contributed by atoms with Crippen molar-refractivity contribution in [3.8, 4) is 0 Å². The number of nitrogens with two attached hydrogens (primary N) is 1. The van der Waals surface area contributed by atoms with E-state index in [0.717, 1.165) is 5.56 Å². The van der Waals surface area contributed by atoms with Crippen molar-refractivity contribution in [3.63, 3.8) is 0 Å². The van der Waals surface area contributed by atoms with Crippen molar-refractivity contribution in [2.75, 3.05) is 6.54 Å². The van der Waals surface area contributed by atoms with Gasteiger partial charge in [-0.1, -0.05) is 30.3 Å². The lowest BCUT2D eigenvalue weighted by molar-refractivity contribution is -0.102. The number of nitrogens with one attached hydrogen (secondary N) is 1. The van der Waals surface area contributed by atoms with Crippen molar-refractivity contribution < 1.29 is 4.79 Å². The van der Waals surface area contributed by atoms with Crippen LogP contribution in [-0.4, -0.2) is 24.5 Å². The quantitative estimate of drug-likeness (QED) is 0.334. The minimum Gasteiger partial charge on any atom is -0.369 e. The van der Waals surface area contributed by atoms with Gasteiger partial charge in [0.2, 0.25) is 5.96 Å². The molecule has 3 N–H and O–H groups in total. The largest absolute Gasteiger partial charge is 0.369 e. The van der Waals surface area contributed by atoms with Crippen LogP contribution in [0.15, 0.2) is 40.4 Å². The van der Waals surface area contributed by atoms with Crippen molar-refractivity contribution in [2.45, 2.75) is 6.92 Å². The molecule has 16 heavy (non-hydrogen) atoms. The molecule has 0 heterocycles. The highest BCUT2D eigenvalue weighted by Gasteiger charge is 2.00. The number of rotatable bonds is 4. The number of guanidine groups is 1. The molecule has 1 aromatic rings. The Bertz CT molecular complexity index is 398. The lowest BCUT2D eigenvalue weighted by atomic mass is 10.1. The van der Waals surface area contributed by atoms with Crippen LogP contribution in [0.25, 0.3) is 0 Å². The fourth-order valence-electron chi connectivity index (χ4n) is 1.09. The van der Waals surface area contributed by atoms with E-state index in [4.69, 9.17) is 5.73 Å². The highest BCUT2D eigenvalue weighted by atomic mass is 16.1. The van der Waals surface area contributed by atoms with Crippen molar-refractivity contribution in [1.29, 1.82) is 0 Å². The zero-order chi connectivity index (χ0) is 11.8. The normalized spacial score (nSPS) is 12.3. The summed E-state index contributed by atoms with van der Waals surface area (Å²) in [6, 6.07) is 9.12. The molecule has 0 aliphatic rings. The van der Waals surface area contributed by atoms with Gasteiger partial charge in [0, 0.05) is 12.1 Å². The highest BCUT2D eigenvalue weighted by Crippen LogP contribution is 1.98. The summed E-state index contributed by atoms with van der Waals surface area (Å²) >= 11 is 0. The number of aldehydes is 1. The van der Waals surface area contributed by atoms with Crippen molar-refractivity contribution in [2.24, 2.45) is 15.8 Å². The monoisotopic (exact) mass is 218 g/mol. The first-order valence-corrected chi connectivity index (χ1v) is 4.92. The van der Waals surface area contributed by atoms with Gasteiger partial charge in [0.05, 0.1) is 0 Å². The Morgan fingerprint density at radius 1 is 1.44 bits per heavy atom. The summed E-state index contributed by atoms with van der Waals surface area (Å²) in [5.41, 5.74) is 9.02. The van der Waals surface area contributed by atoms with Crippen LogP contribution >= 0.6 is 0 Å². The van der Waals surface area contributed by atoms with E-state index in [1.165, 1.54) is 0 Å². The summed E-state index contributed by atoms with van der Waals surface area (Å²) < 4.78 is 0. The average molecular weight is 218 g/mol. The van der Waals surface area contributed by atoms with Gasteiger partial charge in [-0.25, -0.2) is 5.43 Å². The summed E-state index contributed by atoms with van der Waals surface area (Å²) in [5, 5.41) is 3.87. The van der Waals surface area contributed by atoms with E-state index in [1.807, 2.05) is 25.1 Å². The van der Waals surface area contributed by atoms with Crippen molar-refractivity contribution in [1.82, 2.24) is 5.43 Å². The Morgan fingerprint density at radius 3 is 2.69 bits per heavy atom. The Kier molecular flexibility index (Phi) is 4.72. The zero-order valence-corrected chi connectivity index (χ0v) is 9.05. The maximum atomic E-state index is 10.8. The topological polar surface area (TPSA) is 79.8 Å². The van der Waals surface area contributed by atoms with E-state index in [-0.39, 0.29) is 11.7 Å². The minimum atomic E-state index is 0.192. The lowest BCUT2D eigenvalue weighted by Crippen LogP contribution is -2.28. The van der Waals surface area contributed by atoms with Gasteiger partial charge >= 0.3 is 0 Å². The predicted molar refractivity (Wildman–Crippen MR) is 64.3 cm³/mol. The summed E-state index contributed by atoms with van der Waals surface area (Å²) in [6.07, 6.45) is 0.668. The summed E-state index contributed by atoms with van der Waals surface area (Å²) in [5.74, 6) is 0.192. The Hall–Kier alpha value is -2.17. The Labute approximate surface area is 94.1 Å². The van der Waals surface area contributed by atoms with Gasteiger partial charge in [-0.2, -0.15) is 5.10 Å². The number of hydrogen-bond acceptors (Lipinski definition) is 3. The molecule has 5 heteroatoms. The van der Waals surface area contributed by atoms with Crippen LogP contribution in [0.1, 0.15) is 12.5 Å². The number of carbonyl (C=O) groups is 1. The SMILES string of the molecule is CCN=C(N)NN=C(C=O)c1ccccc1. The number of hydrazone groups is 1. The molecule has 0 fully saturated rings. The van der Waals surface area contributed by atoms with E-state index >= 15 is 0 Å². The first kappa shape index (κ1) is 11.9.